The van der Waals surface area contributed by atoms with Gasteiger partial charge in [-0.15, -0.1) is 0 Å². The zero-order valence-electron chi connectivity index (χ0n) is 9.30. The van der Waals surface area contributed by atoms with Crippen molar-refractivity contribution in [2.45, 2.75) is 19.1 Å². The lowest BCUT2D eigenvalue weighted by atomic mass is 10.1. The molecule has 2 atom stereocenters. The Balaban J connectivity index is 2.11. The zero-order chi connectivity index (χ0) is 11.5. The number of cyclic esters (lactones) is 1. The Labute approximate surface area is 95.0 Å². The number of amides is 1. The van der Waals surface area contributed by atoms with Crippen molar-refractivity contribution >= 4 is 6.09 Å². The molecule has 1 aliphatic heterocycles. The topological polar surface area (TPSA) is 55.6 Å². The van der Waals surface area contributed by atoms with Gasteiger partial charge >= 0.3 is 6.09 Å². The molecule has 1 aromatic carbocycles. The Morgan fingerprint density at radius 2 is 2.19 bits per heavy atom. The van der Waals surface area contributed by atoms with Crippen LogP contribution in [0.15, 0.2) is 30.3 Å². The Hall–Kier alpha value is -1.55. The van der Waals surface area contributed by atoms with Crippen LogP contribution in [0.2, 0.25) is 0 Å². The highest BCUT2D eigenvalue weighted by Crippen LogP contribution is 2.24. The van der Waals surface area contributed by atoms with Crippen LogP contribution in [0, 0.1) is 0 Å². The predicted molar refractivity (Wildman–Crippen MR) is 60.9 cm³/mol. The molecule has 0 bridgehead atoms. The molecule has 0 saturated carbocycles. The van der Waals surface area contributed by atoms with E-state index in [1.54, 1.807) is 4.90 Å². The summed E-state index contributed by atoms with van der Waals surface area (Å²) in [6, 6.07) is 9.94. The van der Waals surface area contributed by atoms with E-state index in [0.29, 0.717) is 13.1 Å². The van der Waals surface area contributed by atoms with Crippen LogP contribution < -0.4 is 5.73 Å². The van der Waals surface area contributed by atoms with Crippen LogP contribution in [0.5, 0.6) is 0 Å². The summed E-state index contributed by atoms with van der Waals surface area (Å²) in [5, 5.41) is 0. The van der Waals surface area contributed by atoms with Gasteiger partial charge in [-0.2, -0.15) is 0 Å². The second-order valence-corrected chi connectivity index (χ2v) is 3.98. The van der Waals surface area contributed by atoms with Crippen molar-refractivity contribution in [3.8, 4) is 0 Å². The maximum atomic E-state index is 11.6. The summed E-state index contributed by atoms with van der Waals surface area (Å²) in [6.45, 7) is 2.95. The molecule has 4 heteroatoms. The van der Waals surface area contributed by atoms with Gasteiger partial charge in [-0.05, 0) is 12.5 Å². The normalized spacial score (nSPS) is 22.0. The highest BCUT2D eigenvalue weighted by atomic mass is 16.6. The molecule has 1 amide bonds. The highest BCUT2D eigenvalue weighted by molar-refractivity contribution is 5.70. The van der Waals surface area contributed by atoms with Crippen molar-refractivity contribution in [3.05, 3.63) is 35.9 Å². The van der Waals surface area contributed by atoms with Crippen molar-refractivity contribution in [1.29, 1.82) is 0 Å². The van der Waals surface area contributed by atoms with Gasteiger partial charge in [-0.25, -0.2) is 4.79 Å². The van der Waals surface area contributed by atoms with Crippen molar-refractivity contribution in [1.82, 2.24) is 4.90 Å². The van der Waals surface area contributed by atoms with E-state index in [1.807, 2.05) is 37.3 Å². The largest absolute Gasteiger partial charge is 0.443 e. The van der Waals surface area contributed by atoms with E-state index in [4.69, 9.17) is 10.5 Å². The van der Waals surface area contributed by atoms with Crippen LogP contribution in [0.3, 0.4) is 0 Å². The van der Waals surface area contributed by atoms with Gasteiger partial charge in [0.05, 0.1) is 12.6 Å². The van der Waals surface area contributed by atoms with E-state index < -0.39 is 0 Å². The van der Waals surface area contributed by atoms with Gasteiger partial charge in [0.1, 0.15) is 6.10 Å². The molecule has 0 aliphatic carbocycles. The third kappa shape index (κ3) is 2.02. The van der Waals surface area contributed by atoms with Crippen LogP contribution in [0.4, 0.5) is 4.79 Å². The lowest BCUT2D eigenvalue weighted by molar-refractivity contribution is 0.131. The molecule has 86 valence electrons. The summed E-state index contributed by atoms with van der Waals surface area (Å²) in [4.78, 5) is 13.3. The number of nitrogens with zero attached hydrogens (tertiary/aromatic N) is 1. The lowest BCUT2D eigenvalue weighted by Crippen LogP contribution is -2.30. The van der Waals surface area contributed by atoms with Gasteiger partial charge in [0.2, 0.25) is 0 Å². The van der Waals surface area contributed by atoms with Gasteiger partial charge < -0.3 is 10.5 Å². The second-order valence-electron chi connectivity index (χ2n) is 3.98. The van der Waals surface area contributed by atoms with E-state index >= 15 is 0 Å². The Morgan fingerprint density at radius 3 is 2.75 bits per heavy atom. The van der Waals surface area contributed by atoms with E-state index in [9.17, 15) is 4.79 Å². The molecule has 0 unspecified atom stereocenters. The molecule has 2 N–H and O–H groups in total. The van der Waals surface area contributed by atoms with Gasteiger partial charge in [0.25, 0.3) is 0 Å². The molecule has 1 heterocycles. The van der Waals surface area contributed by atoms with Gasteiger partial charge in [-0.3, -0.25) is 4.90 Å². The third-order valence-electron chi connectivity index (χ3n) is 2.91. The zero-order valence-corrected chi connectivity index (χ0v) is 9.30. The summed E-state index contributed by atoms with van der Waals surface area (Å²) in [7, 11) is 0. The number of benzene rings is 1. The number of rotatable bonds is 3. The van der Waals surface area contributed by atoms with Gasteiger partial charge in [-0.1, -0.05) is 30.3 Å². The molecular weight excluding hydrogens is 204 g/mol. The maximum Gasteiger partial charge on any atom is 0.410 e. The quantitative estimate of drug-likeness (QED) is 0.840. The number of nitrogens with two attached hydrogens (primary N) is 1. The number of hydrogen-bond donors (Lipinski definition) is 1. The molecule has 2 rings (SSSR count). The van der Waals surface area contributed by atoms with E-state index in [-0.39, 0.29) is 18.2 Å². The van der Waals surface area contributed by atoms with Crippen LogP contribution in [0.25, 0.3) is 0 Å². The molecule has 1 fully saturated rings. The fourth-order valence-corrected chi connectivity index (χ4v) is 1.89. The van der Waals surface area contributed by atoms with E-state index in [0.717, 1.165) is 5.56 Å². The molecule has 0 radical (unpaired) electrons. The van der Waals surface area contributed by atoms with Crippen molar-refractivity contribution < 1.29 is 9.53 Å². The fourth-order valence-electron chi connectivity index (χ4n) is 1.89. The summed E-state index contributed by atoms with van der Waals surface area (Å²) in [6.07, 6.45) is -0.439. The van der Waals surface area contributed by atoms with Gasteiger partial charge in [0, 0.05) is 6.54 Å². The van der Waals surface area contributed by atoms with E-state index in [1.165, 1.54) is 0 Å². The van der Waals surface area contributed by atoms with Gasteiger partial charge in [0.15, 0.2) is 0 Å². The van der Waals surface area contributed by atoms with Crippen molar-refractivity contribution in [2.24, 2.45) is 5.73 Å². The smallest absolute Gasteiger partial charge is 0.410 e. The Bertz CT molecular complexity index is 367. The number of carbonyl (C=O) groups excluding carboxylic acids is 1. The summed E-state index contributed by atoms with van der Waals surface area (Å²) in [5.41, 5.74) is 6.60. The van der Waals surface area contributed by atoms with Crippen LogP contribution in [-0.4, -0.2) is 30.2 Å². The Kier molecular flexibility index (Phi) is 3.10. The fraction of sp³-hybridized carbons (Fsp3) is 0.417. The Morgan fingerprint density at radius 1 is 1.50 bits per heavy atom. The first-order valence-electron chi connectivity index (χ1n) is 5.44. The number of hydrogen-bond acceptors (Lipinski definition) is 3. The average molecular weight is 220 g/mol. The molecular formula is C12H16N2O2. The molecule has 1 aromatic rings. The average Bonchev–Trinajstić information content (AvgIpc) is 2.71. The minimum absolute atomic E-state index is 0.0326. The first kappa shape index (κ1) is 11.0. The monoisotopic (exact) mass is 220 g/mol. The third-order valence-corrected chi connectivity index (χ3v) is 2.91. The van der Waals surface area contributed by atoms with Crippen LogP contribution in [0.1, 0.15) is 18.5 Å². The summed E-state index contributed by atoms with van der Waals surface area (Å²) in [5.74, 6) is 0. The number of ether oxygens (including phenoxy) is 1. The molecule has 1 aliphatic rings. The second kappa shape index (κ2) is 4.53. The standard InChI is InChI=1S/C12H16N2O2/c1-9(10-5-3-2-4-6-10)14-8-11(7-13)16-12(14)15/h2-6,9,11H,7-8,13H2,1H3/t9-,11+/m1/s1. The van der Waals surface area contributed by atoms with Crippen molar-refractivity contribution in [2.75, 3.05) is 13.1 Å². The summed E-state index contributed by atoms with van der Waals surface area (Å²) < 4.78 is 5.13. The predicted octanol–water partition coefficient (Wildman–Crippen LogP) is 1.53. The SMILES string of the molecule is C[C@H](c1ccccc1)N1C[C@H](CN)OC1=O. The summed E-state index contributed by atoms with van der Waals surface area (Å²) >= 11 is 0. The molecule has 4 nitrogen and oxygen atoms in total. The maximum absolute atomic E-state index is 11.6. The first-order valence-corrected chi connectivity index (χ1v) is 5.44. The first-order chi connectivity index (χ1) is 7.72. The molecule has 0 aromatic heterocycles. The highest BCUT2D eigenvalue weighted by Gasteiger charge is 2.33. The number of carbonyl (C=O) groups is 1. The molecule has 1 saturated heterocycles. The van der Waals surface area contributed by atoms with Crippen LogP contribution >= 0.6 is 0 Å². The minimum Gasteiger partial charge on any atom is -0.443 e. The minimum atomic E-state index is -0.271. The van der Waals surface area contributed by atoms with Crippen LogP contribution in [-0.2, 0) is 4.74 Å². The molecule has 16 heavy (non-hydrogen) atoms. The molecule has 0 spiro atoms. The van der Waals surface area contributed by atoms with E-state index in [2.05, 4.69) is 0 Å². The lowest BCUT2D eigenvalue weighted by Gasteiger charge is -2.22. The van der Waals surface area contributed by atoms with Crippen molar-refractivity contribution in [3.63, 3.8) is 0 Å².